The van der Waals surface area contributed by atoms with Crippen LogP contribution in [0.25, 0.3) is 0 Å². The molecule has 1 unspecified atom stereocenters. The molecular weight excluding hydrogens is 314 g/mol. The van der Waals surface area contributed by atoms with Gasteiger partial charge in [-0.3, -0.25) is 19.4 Å². The summed E-state index contributed by atoms with van der Waals surface area (Å²) >= 11 is 1.41. The van der Waals surface area contributed by atoms with Crippen molar-refractivity contribution in [3.63, 3.8) is 0 Å². The van der Waals surface area contributed by atoms with Crippen molar-refractivity contribution in [2.24, 2.45) is 0 Å². The Morgan fingerprint density at radius 3 is 2.35 bits per heavy atom. The Labute approximate surface area is 141 Å². The van der Waals surface area contributed by atoms with Gasteiger partial charge in [0.2, 0.25) is 11.8 Å². The number of thiazole rings is 1. The van der Waals surface area contributed by atoms with Crippen LogP contribution in [0.15, 0.2) is 11.6 Å². The molecule has 1 saturated heterocycles. The van der Waals surface area contributed by atoms with Gasteiger partial charge in [-0.15, -0.1) is 11.3 Å². The number of nitrogens with zero attached hydrogens (tertiary/aromatic N) is 3. The van der Waals surface area contributed by atoms with Gasteiger partial charge in [-0.05, 0) is 13.3 Å². The standard InChI is InChI=1S/C15H25N5O2S/c1-3-12(2)17-13(21)10-19-5-7-20(8-6-19)11-14(22)18-15-16-4-9-23-15/h4,9,12H,3,5-8,10-11H2,1-2H3,(H,17,21)(H,16,18,22). The summed E-state index contributed by atoms with van der Waals surface area (Å²) in [4.78, 5) is 32.1. The number of nitrogens with one attached hydrogen (secondary N) is 2. The molecule has 0 radical (unpaired) electrons. The number of piperazine rings is 1. The van der Waals surface area contributed by atoms with E-state index >= 15 is 0 Å². The Morgan fingerprint density at radius 1 is 1.22 bits per heavy atom. The van der Waals surface area contributed by atoms with Gasteiger partial charge in [-0.2, -0.15) is 0 Å². The Balaban J connectivity index is 1.65. The maximum absolute atomic E-state index is 11.9. The van der Waals surface area contributed by atoms with Gasteiger partial charge in [-0.1, -0.05) is 6.92 Å². The zero-order valence-corrected chi connectivity index (χ0v) is 14.6. The highest BCUT2D eigenvalue weighted by Crippen LogP contribution is 2.10. The Kier molecular flexibility index (Phi) is 6.94. The second-order valence-electron chi connectivity index (χ2n) is 5.81. The van der Waals surface area contributed by atoms with Crippen molar-refractivity contribution in [2.45, 2.75) is 26.3 Å². The van der Waals surface area contributed by atoms with E-state index in [1.54, 1.807) is 6.20 Å². The maximum Gasteiger partial charge on any atom is 0.240 e. The molecule has 1 fully saturated rings. The first-order chi connectivity index (χ1) is 11.1. The molecule has 1 aliphatic heterocycles. The molecule has 23 heavy (non-hydrogen) atoms. The van der Waals surface area contributed by atoms with E-state index in [0.29, 0.717) is 18.2 Å². The van der Waals surface area contributed by atoms with Gasteiger partial charge in [-0.25, -0.2) is 4.98 Å². The SMILES string of the molecule is CCC(C)NC(=O)CN1CCN(CC(=O)Nc2nccs2)CC1. The quantitative estimate of drug-likeness (QED) is 0.761. The first kappa shape index (κ1) is 17.8. The molecule has 8 heteroatoms. The summed E-state index contributed by atoms with van der Waals surface area (Å²) in [5.41, 5.74) is 0. The molecule has 1 aliphatic rings. The van der Waals surface area contributed by atoms with Crippen molar-refractivity contribution in [3.8, 4) is 0 Å². The fraction of sp³-hybridized carbons (Fsp3) is 0.667. The topological polar surface area (TPSA) is 77.6 Å². The molecule has 1 aromatic heterocycles. The van der Waals surface area contributed by atoms with Crippen LogP contribution in [0, 0.1) is 0 Å². The Bertz CT molecular complexity index is 500. The summed E-state index contributed by atoms with van der Waals surface area (Å²) in [6, 6.07) is 0.221. The fourth-order valence-electron chi connectivity index (χ4n) is 2.38. The Hall–Kier alpha value is -1.51. The lowest BCUT2D eigenvalue weighted by atomic mass is 10.2. The summed E-state index contributed by atoms with van der Waals surface area (Å²) in [6.07, 6.45) is 2.61. The first-order valence-corrected chi connectivity index (χ1v) is 8.88. The fourth-order valence-corrected chi connectivity index (χ4v) is 2.92. The molecule has 2 amide bonds. The normalized spacial score (nSPS) is 17.7. The highest BCUT2D eigenvalue weighted by atomic mass is 32.1. The van der Waals surface area contributed by atoms with Crippen LogP contribution in [0.3, 0.4) is 0 Å². The number of carbonyl (C=O) groups is 2. The predicted octanol–water partition coefficient (Wildman–Crippen LogP) is 0.614. The van der Waals surface area contributed by atoms with Gasteiger partial charge in [0.1, 0.15) is 0 Å². The molecule has 7 nitrogen and oxygen atoms in total. The molecule has 2 rings (SSSR count). The molecular formula is C15H25N5O2S. The van der Waals surface area contributed by atoms with Crippen molar-refractivity contribution >= 4 is 28.3 Å². The van der Waals surface area contributed by atoms with Gasteiger partial charge < -0.3 is 10.6 Å². The number of rotatable bonds is 7. The monoisotopic (exact) mass is 339 g/mol. The van der Waals surface area contributed by atoms with Gasteiger partial charge >= 0.3 is 0 Å². The number of hydrogen-bond donors (Lipinski definition) is 2. The highest BCUT2D eigenvalue weighted by molar-refractivity contribution is 7.13. The minimum Gasteiger partial charge on any atom is -0.353 e. The maximum atomic E-state index is 11.9. The van der Waals surface area contributed by atoms with Crippen LogP contribution in [-0.2, 0) is 9.59 Å². The second-order valence-corrected chi connectivity index (χ2v) is 6.71. The highest BCUT2D eigenvalue weighted by Gasteiger charge is 2.21. The van der Waals surface area contributed by atoms with E-state index in [-0.39, 0.29) is 17.9 Å². The summed E-state index contributed by atoms with van der Waals surface area (Å²) in [7, 11) is 0. The van der Waals surface area contributed by atoms with Crippen LogP contribution in [0.1, 0.15) is 20.3 Å². The van der Waals surface area contributed by atoms with Crippen LogP contribution in [-0.4, -0.2) is 71.9 Å². The van der Waals surface area contributed by atoms with Crippen LogP contribution in [0.4, 0.5) is 5.13 Å². The molecule has 0 saturated carbocycles. The molecule has 128 valence electrons. The van der Waals surface area contributed by atoms with Crippen LogP contribution in [0.5, 0.6) is 0 Å². The molecule has 1 aromatic rings. The molecule has 0 aromatic carbocycles. The molecule has 0 aliphatic carbocycles. The number of amides is 2. The summed E-state index contributed by atoms with van der Waals surface area (Å²) < 4.78 is 0. The van der Waals surface area contributed by atoms with Crippen molar-refractivity contribution in [1.29, 1.82) is 0 Å². The van der Waals surface area contributed by atoms with Crippen molar-refractivity contribution < 1.29 is 9.59 Å². The molecule has 0 bridgehead atoms. The number of hydrogen-bond acceptors (Lipinski definition) is 6. The van der Waals surface area contributed by atoms with E-state index in [1.165, 1.54) is 11.3 Å². The summed E-state index contributed by atoms with van der Waals surface area (Å²) in [5.74, 6) is 0.0391. The van der Waals surface area contributed by atoms with E-state index in [2.05, 4.69) is 32.3 Å². The second kappa shape index (κ2) is 8.95. The van der Waals surface area contributed by atoms with E-state index in [9.17, 15) is 9.59 Å². The van der Waals surface area contributed by atoms with Crippen LogP contribution < -0.4 is 10.6 Å². The third-order valence-electron chi connectivity index (χ3n) is 3.90. The van der Waals surface area contributed by atoms with Crippen molar-refractivity contribution in [3.05, 3.63) is 11.6 Å². The molecule has 2 heterocycles. The van der Waals surface area contributed by atoms with E-state index < -0.39 is 0 Å². The number of carbonyl (C=O) groups excluding carboxylic acids is 2. The lowest BCUT2D eigenvalue weighted by molar-refractivity contribution is -0.124. The lowest BCUT2D eigenvalue weighted by Gasteiger charge is -2.33. The number of anilines is 1. The third-order valence-corrected chi connectivity index (χ3v) is 4.59. The first-order valence-electron chi connectivity index (χ1n) is 8.00. The zero-order chi connectivity index (χ0) is 16.7. The van der Waals surface area contributed by atoms with Crippen LogP contribution in [0.2, 0.25) is 0 Å². The average Bonchev–Trinajstić information content (AvgIpc) is 3.01. The van der Waals surface area contributed by atoms with Gasteiger partial charge in [0.15, 0.2) is 5.13 Å². The lowest BCUT2D eigenvalue weighted by Crippen LogP contribution is -2.51. The third kappa shape index (κ3) is 6.25. The minimum absolute atomic E-state index is 0.0390. The van der Waals surface area contributed by atoms with Gasteiger partial charge in [0, 0.05) is 43.8 Å². The van der Waals surface area contributed by atoms with E-state index in [1.807, 2.05) is 12.3 Å². The minimum atomic E-state index is -0.0390. The molecule has 2 N–H and O–H groups in total. The number of aromatic nitrogens is 1. The molecule has 1 atom stereocenters. The van der Waals surface area contributed by atoms with Gasteiger partial charge in [0.05, 0.1) is 13.1 Å². The Morgan fingerprint density at radius 2 is 1.83 bits per heavy atom. The van der Waals surface area contributed by atoms with Crippen LogP contribution >= 0.6 is 11.3 Å². The predicted molar refractivity (Wildman–Crippen MR) is 91.5 cm³/mol. The van der Waals surface area contributed by atoms with E-state index in [0.717, 1.165) is 32.6 Å². The molecule has 0 spiro atoms. The smallest absolute Gasteiger partial charge is 0.240 e. The van der Waals surface area contributed by atoms with Crippen molar-refractivity contribution in [2.75, 3.05) is 44.6 Å². The van der Waals surface area contributed by atoms with E-state index in [4.69, 9.17) is 0 Å². The van der Waals surface area contributed by atoms with Gasteiger partial charge in [0.25, 0.3) is 0 Å². The summed E-state index contributed by atoms with van der Waals surface area (Å²) in [6.45, 7) is 8.06. The summed E-state index contributed by atoms with van der Waals surface area (Å²) in [5, 5.41) is 8.24. The van der Waals surface area contributed by atoms with Crippen molar-refractivity contribution in [1.82, 2.24) is 20.1 Å². The zero-order valence-electron chi connectivity index (χ0n) is 13.7. The average molecular weight is 339 g/mol. The largest absolute Gasteiger partial charge is 0.353 e.